The number of amides is 1. The van der Waals surface area contributed by atoms with Crippen LogP contribution >= 0.6 is 0 Å². The molecule has 1 aliphatic rings. The van der Waals surface area contributed by atoms with E-state index in [1.165, 1.54) is 11.1 Å². The van der Waals surface area contributed by atoms with Crippen LogP contribution in [-0.4, -0.2) is 18.2 Å². The molecule has 0 unspecified atom stereocenters. The van der Waals surface area contributed by atoms with E-state index in [0.29, 0.717) is 0 Å². The highest BCUT2D eigenvalue weighted by atomic mass is 16.6. The van der Waals surface area contributed by atoms with Gasteiger partial charge in [0.2, 0.25) is 0 Å². The summed E-state index contributed by atoms with van der Waals surface area (Å²) in [6.45, 7) is 4.02. The second-order valence-corrected chi connectivity index (χ2v) is 8.88. The Bertz CT molecular complexity index is 1120. The second-order valence-electron chi connectivity index (χ2n) is 8.88. The van der Waals surface area contributed by atoms with Gasteiger partial charge >= 0.3 is 6.09 Å². The molecule has 1 fully saturated rings. The first kappa shape index (κ1) is 32.1. The van der Waals surface area contributed by atoms with E-state index in [1.54, 1.807) is 0 Å². The van der Waals surface area contributed by atoms with Crippen molar-refractivity contribution >= 4 is 6.09 Å². The van der Waals surface area contributed by atoms with Crippen molar-refractivity contribution in [3.63, 3.8) is 0 Å². The number of carbonyl (C=O) groups excluding carboxylic acids is 1. The predicted octanol–water partition coefficient (Wildman–Crippen LogP) is 8.13. The van der Waals surface area contributed by atoms with Gasteiger partial charge in [-0.05, 0) is 25.0 Å². The van der Waals surface area contributed by atoms with Crippen molar-refractivity contribution in [2.75, 3.05) is 0 Å². The van der Waals surface area contributed by atoms with Crippen LogP contribution in [0.3, 0.4) is 0 Å². The first-order chi connectivity index (χ1) is 17.0. The van der Waals surface area contributed by atoms with Crippen molar-refractivity contribution in [2.45, 2.75) is 59.7 Å². The molecule has 4 aromatic rings. The zero-order valence-electron chi connectivity index (χ0n) is 20.2. The summed E-state index contributed by atoms with van der Waals surface area (Å²) in [5.74, 6) is 0.280. The van der Waals surface area contributed by atoms with Gasteiger partial charge in [0.05, 0.1) is 6.04 Å². The second kappa shape index (κ2) is 14.7. The number of cyclic esters (lactones) is 1. The quantitative estimate of drug-likeness (QED) is 0.284. The minimum absolute atomic E-state index is 0. The highest BCUT2D eigenvalue weighted by Crippen LogP contribution is 2.40. The molecule has 0 aliphatic carbocycles. The molecule has 2 atom stereocenters. The number of alkyl carbamates (subject to hydrolysis) is 1. The Kier molecular flexibility index (Phi) is 12.5. The normalized spacial score (nSPS) is 15.7. The fourth-order valence-electron chi connectivity index (χ4n) is 4.82. The monoisotopic (exact) mass is 512 g/mol. The van der Waals surface area contributed by atoms with Gasteiger partial charge in [-0.25, -0.2) is 4.79 Å². The SMILES string of the molecule is C.C.C.C[C@@H]1NC(=O)OC1(c1ccccc1)c1ccccc1.C[C@H](N)C(c1ccccc1)c1ccccc1. The Labute approximate surface area is 229 Å². The van der Waals surface area contributed by atoms with Gasteiger partial charge in [0.25, 0.3) is 0 Å². The average molecular weight is 513 g/mol. The molecule has 1 heterocycles. The number of rotatable bonds is 5. The maximum absolute atomic E-state index is 11.7. The molecule has 1 saturated heterocycles. The standard InChI is InChI=1S/C16H15NO2.C15H17N.3CH4/c1-12-16(19-15(18)17-12,13-8-4-2-5-9-13)14-10-6-3-7-11-14;1-12(16)15(13-8-4-2-5-9-13)14-10-6-3-7-11-14;;;/h2-12H,1H3,(H,17,18);2-12,15H,16H2,1H3;3*1H4/t2*12-;;;/m00.../s1. The fraction of sp³-hybridized carbons (Fsp3) is 0.265. The molecular weight excluding hydrogens is 468 g/mol. The molecule has 1 aliphatic heterocycles. The van der Waals surface area contributed by atoms with Gasteiger partial charge in [-0.2, -0.15) is 0 Å². The third-order valence-electron chi connectivity index (χ3n) is 6.45. The topological polar surface area (TPSA) is 64.3 Å². The summed E-state index contributed by atoms with van der Waals surface area (Å²) in [6.07, 6.45) is -0.375. The molecule has 0 radical (unpaired) electrons. The molecule has 202 valence electrons. The molecule has 5 rings (SSSR count). The largest absolute Gasteiger partial charge is 0.431 e. The molecule has 4 nitrogen and oxygen atoms in total. The Morgan fingerprint density at radius 2 is 1.03 bits per heavy atom. The summed E-state index contributed by atoms with van der Waals surface area (Å²) < 4.78 is 5.68. The van der Waals surface area contributed by atoms with E-state index in [-0.39, 0.29) is 46.4 Å². The predicted molar refractivity (Wildman–Crippen MR) is 161 cm³/mol. The van der Waals surface area contributed by atoms with Gasteiger partial charge in [-0.15, -0.1) is 0 Å². The molecular formula is C34H44N2O2. The van der Waals surface area contributed by atoms with Gasteiger partial charge in [-0.3, -0.25) is 0 Å². The number of hydrogen-bond acceptors (Lipinski definition) is 3. The van der Waals surface area contributed by atoms with Crippen molar-refractivity contribution in [1.82, 2.24) is 5.32 Å². The maximum atomic E-state index is 11.7. The van der Waals surface area contributed by atoms with Crippen LogP contribution in [0.25, 0.3) is 0 Å². The minimum atomic E-state index is -0.750. The van der Waals surface area contributed by atoms with E-state index in [9.17, 15) is 4.79 Å². The van der Waals surface area contributed by atoms with Gasteiger partial charge in [0, 0.05) is 23.1 Å². The molecule has 4 aromatic carbocycles. The Balaban J connectivity index is 0.000000357. The van der Waals surface area contributed by atoms with Crippen molar-refractivity contribution in [2.24, 2.45) is 5.73 Å². The van der Waals surface area contributed by atoms with Gasteiger partial charge < -0.3 is 15.8 Å². The third kappa shape index (κ3) is 6.90. The molecule has 0 spiro atoms. The number of ether oxygens (including phenoxy) is 1. The van der Waals surface area contributed by atoms with Crippen LogP contribution in [0.1, 0.15) is 64.3 Å². The van der Waals surface area contributed by atoms with E-state index in [4.69, 9.17) is 10.5 Å². The van der Waals surface area contributed by atoms with Gasteiger partial charge in [0.1, 0.15) is 0 Å². The zero-order chi connectivity index (χ0) is 24.7. The minimum Gasteiger partial charge on any atom is -0.431 e. The average Bonchev–Trinajstić information content (AvgIpc) is 3.21. The van der Waals surface area contributed by atoms with Crippen LogP contribution in [0.15, 0.2) is 121 Å². The smallest absolute Gasteiger partial charge is 0.408 e. The molecule has 3 N–H and O–H groups in total. The number of nitrogens with two attached hydrogens (primary N) is 1. The highest BCUT2D eigenvalue weighted by Gasteiger charge is 2.49. The maximum Gasteiger partial charge on any atom is 0.408 e. The summed E-state index contributed by atoms with van der Waals surface area (Å²) in [5.41, 5.74) is 9.87. The van der Waals surface area contributed by atoms with E-state index in [2.05, 4.69) is 60.8 Å². The summed E-state index contributed by atoms with van der Waals surface area (Å²) in [7, 11) is 0. The summed E-state index contributed by atoms with van der Waals surface area (Å²) in [4.78, 5) is 11.7. The number of carbonyl (C=O) groups is 1. The van der Waals surface area contributed by atoms with Crippen molar-refractivity contribution < 1.29 is 9.53 Å². The lowest BCUT2D eigenvalue weighted by atomic mass is 9.81. The van der Waals surface area contributed by atoms with Crippen LogP contribution in [0, 0.1) is 0 Å². The van der Waals surface area contributed by atoms with Crippen molar-refractivity contribution in [1.29, 1.82) is 0 Å². The first-order valence-electron chi connectivity index (χ1n) is 12.0. The van der Waals surface area contributed by atoms with E-state index in [1.807, 2.05) is 79.7 Å². The van der Waals surface area contributed by atoms with Crippen LogP contribution in [0.2, 0.25) is 0 Å². The highest BCUT2D eigenvalue weighted by molar-refractivity contribution is 5.73. The third-order valence-corrected chi connectivity index (χ3v) is 6.45. The van der Waals surface area contributed by atoms with E-state index >= 15 is 0 Å². The first-order valence-corrected chi connectivity index (χ1v) is 12.0. The zero-order valence-corrected chi connectivity index (χ0v) is 20.2. The molecule has 0 bridgehead atoms. The molecule has 0 saturated carbocycles. The number of nitrogens with one attached hydrogen (secondary N) is 1. The van der Waals surface area contributed by atoms with Crippen LogP contribution < -0.4 is 11.1 Å². The lowest BCUT2D eigenvalue weighted by molar-refractivity contribution is 0.0717. The summed E-state index contributed by atoms with van der Waals surface area (Å²) in [5, 5.41) is 2.84. The molecule has 38 heavy (non-hydrogen) atoms. The Morgan fingerprint density at radius 3 is 1.32 bits per heavy atom. The van der Waals surface area contributed by atoms with Crippen LogP contribution in [-0.2, 0) is 10.3 Å². The Hall–Kier alpha value is -3.89. The van der Waals surface area contributed by atoms with Crippen LogP contribution in [0.5, 0.6) is 0 Å². The van der Waals surface area contributed by atoms with Crippen LogP contribution in [0.4, 0.5) is 4.79 Å². The van der Waals surface area contributed by atoms with Crippen molar-refractivity contribution in [3.05, 3.63) is 144 Å². The summed E-state index contributed by atoms with van der Waals surface area (Å²) in [6, 6.07) is 40.6. The lowest BCUT2D eigenvalue weighted by Crippen LogP contribution is -2.40. The van der Waals surface area contributed by atoms with E-state index < -0.39 is 5.60 Å². The number of hydrogen-bond donors (Lipinski definition) is 2. The molecule has 1 amide bonds. The lowest BCUT2D eigenvalue weighted by Gasteiger charge is -2.31. The van der Waals surface area contributed by atoms with E-state index in [0.717, 1.165) is 11.1 Å². The number of benzene rings is 4. The van der Waals surface area contributed by atoms with Crippen molar-refractivity contribution in [3.8, 4) is 0 Å². The fourth-order valence-corrected chi connectivity index (χ4v) is 4.82. The van der Waals surface area contributed by atoms with Gasteiger partial charge in [0.15, 0.2) is 5.60 Å². The van der Waals surface area contributed by atoms with Gasteiger partial charge in [-0.1, -0.05) is 144 Å². The summed E-state index contributed by atoms with van der Waals surface area (Å²) >= 11 is 0. The molecule has 4 heteroatoms. The molecule has 0 aromatic heterocycles. The Morgan fingerprint density at radius 1 is 0.684 bits per heavy atom.